The summed E-state index contributed by atoms with van der Waals surface area (Å²) in [6, 6.07) is 9.65. The highest BCUT2D eigenvalue weighted by Gasteiger charge is 2.22. The second-order valence-electron chi connectivity index (χ2n) is 5.76. The molecule has 0 aliphatic carbocycles. The lowest BCUT2D eigenvalue weighted by molar-refractivity contribution is 0.0910. The van der Waals surface area contributed by atoms with E-state index in [1.54, 1.807) is 43.3 Å². The van der Waals surface area contributed by atoms with Crippen LogP contribution in [0.2, 0.25) is 0 Å². The van der Waals surface area contributed by atoms with Crippen LogP contribution in [-0.4, -0.2) is 31.7 Å². The SMILES string of the molecule is CCN(CC)S(=O)(=O)c1ccc(C(C)NC(=O)c2ccc(C)o2)cc1. The maximum absolute atomic E-state index is 12.5. The molecule has 0 aliphatic heterocycles. The molecule has 1 amide bonds. The van der Waals surface area contributed by atoms with Gasteiger partial charge in [-0.15, -0.1) is 0 Å². The maximum atomic E-state index is 12.5. The lowest BCUT2D eigenvalue weighted by Crippen LogP contribution is -2.30. The van der Waals surface area contributed by atoms with Crippen molar-refractivity contribution in [1.82, 2.24) is 9.62 Å². The first-order valence-corrected chi connectivity index (χ1v) is 9.71. The Morgan fingerprint density at radius 2 is 1.72 bits per heavy atom. The lowest BCUT2D eigenvalue weighted by Gasteiger charge is -2.19. The molecule has 2 rings (SSSR count). The van der Waals surface area contributed by atoms with Gasteiger partial charge in [-0.05, 0) is 43.7 Å². The molecule has 0 fully saturated rings. The summed E-state index contributed by atoms with van der Waals surface area (Å²) < 4.78 is 31.7. The number of hydrogen-bond acceptors (Lipinski definition) is 4. The summed E-state index contributed by atoms with van der Waals surface area (Å²) in [7, 11) is -3.48. The van der Waals surface area contributed by atoms with E-state index in [2.05, 4.69) is 5.32 Å². The van der Waals surface area contributed by atoms with Crippen LogP contribution < -0.4 is 5.32 Å². The molecule has 0 radical (unpaired) electrons. The topological polar surface area (TPSA) is 79.6 Å². The van der Waals surface area contributed by atoms with Crippen molar-refractivity contribution in [1.29, 1.82) is 0 Å². The van der Waals surface area contributed by atoms with E-state index in [4.69, 9.17) is 4.42 Å². The van der Waals surface area contributed by atoms with Gasteiger partial charge in [0, 0.05) is 13.1 Å². The first kappa shape index (κ1) is 19.2. The van der Waals surface area contributed by atoms with Gasteiger partial charge in [0.05, 0.1) is 10.9 Å². The second kappa shape index (κ2) is 7.84. The van der Waals surface area contributed by atoms with Crippen LogP contribution in [0.1, 0.15) is 48.7 Å². The number of amides is 1. The van der Waals surface area contributed by atoms with E-state index in [0.717, 1.165) is 5.56 Å². The van der Waals surface area contributed by atoms with E-state index in [0.29, 0.717) is 18.8 Å². The van der Waals surface area contributed by atoms with Crippen LogP contribution in [-0.2, 0) is 10.0 Å². The third kappa shape index (κ3) is 4.29. The van der Waals surface area contributed by atoms with Crippen molar-refractivity contribution in [3.8, 4) is 0 Å². The molecule has 6 nitrogen and oxygen atoms in total. The zero-order chi connectivity index (χ0) is 18.6. The van der Waals surface area contributed by atoms with Gasteiger partial charge in [0.2, 0.25) is 10.0 Å². The minimum Gasteiger partial charge on any atom is -0.456 e. The highest BCUT2D eigenvalue weighted by atomic mass is 32.2. The Morgan fingerprint density at radius 1 is 1.12 bits per heavy atom. The minimum atomic E-state index is -3.48. The Hall–Kier alpha value is -2.12. The van der Waals surface area contributed by atoms with Gasteiger partial charge in [-0.3, -0.25) is 4.79 Å². The summed E-state index contributed by atoms with van der Waals surface area (Å²) in [5, 5.41) is 2.84. The fourth-order valence-corrected chi connectivity index (χ4v) is 4.01. The van der Waals surface area contributed by atoms with Crippen LogP contribution in [0.5, 0.6) is 0 Å². The lowest BCUT2D eigenvalue weighted by atomic mass is 10.1. The number of rotatable bonds is 7. The zero-order valence-corrected chi connectivity index (χ0v) is 15.8. The highest BCUT2D eigenvalue weighted by Crippen LogP contribution is 2.20. The summed E-state index contributed by atoms with van der Waals surface area (Å²) in [6.45, 7) is 8.08. The molecule has 1 aromatic heterocycles. The van der Waals surface area contributed by atoms with Gasteiger partial charge in [0.25, 0.3) is 5.91 Å². The molecule has 0 saturated carbocycles. The zero-order valence-electron chi connectivity index (χ0n) is 14.9. The number of hydrogen-bond donors (Lipinski definition) is 1. The molecule has 1 atom stereocenters. The van der Waals surface area contributed by atoms with Crippen LogP contribution in [0.15, 0.2) is 45.7 Å². The highest BCUT2D eigenvalue weighted by molar-refractivity contribution is 7.89. The molecule has 7 heteroatoms. The molecule has 0 bridgehead atoms. The van der Waals surface area contributed by atoms with Crippen LogP contribution in [0, 0.1) is 6.92 Å². The number of nitrogens with zero attached hydrogens (tertiary/aromatic N) is 1. The molecule has 1 heterocycles. The number of aryl methyl sites for hydroxylation is 1. The van der Waals surface area contributed by atoms with Crippen molar-refractivity contribution in [3.63, 3.8) is 0 Å². The van der Waals surface area contributed by atoms with Crippen molar-refractivity contribution in [2.75, 3.05) is 13.1 Å². The number of nitrogens with one attached hydrogen (secondary N) is 1. The van der Waals surface area contributed by atoms with Crippen molar-refractivity contribution in [3.05, 3.63) is 53.5 Å². The number of carbonyl (C=O) groups is 1. The Kier molecular flexibility index (Phi) is 6.02. The molecule has 136 valence electrons. The van der Waals surface area contributed by atoms with Gasteiger partial charge in [-0.1, -0.05) is 26.0 Å². The number of carbonyl (C=O) groups excluding carboxylic acids is 1. The van der Waals surface area contributed by atoms with Crippen molar-refractivity contribution in [2.24, 2.45) is 0 Å². The summed E-state index contributed by atoms with van der Waals surface area (Å²) in [6.07, 6.45) is 0. The molecule has 1 N–H and O–H groups in total. The van der Waals surface area contributed by atoms with E-state index in [1.807, 2.05) is 20.8 Å². The van der Waals surface area contributed by atoms with Crippen LogP contribution in [0.25, 0.3) is 0 Å². The average molecular weight is 364 g/mol. The fourth-order valence-electron chi connectivity index (χ4n) is 2.55. The van der Waals surface area contributed by atoms with E-state index >= 15 is 0 Å². The summed E-state index contributed by atoms with van der Waals surface area (Å²) in [4.78, 5) is 12.4. The second-order valence-corrected chi connectivity index (χ2v) is 7.70. The first-order valence-electron chi connectivity index (χ1n) is 8.27. The largest absolute Gasteiger partial charge is 0.456 e. The third-order valence-electron chi connectivity index (χ3n) is 4.04. The van der Waals surface area contributed by atoms with Crippen LogP contribution in [0.3, 0.4) is 0 Å². The van der Waals surface area contributed by atoms with Gasteiger partial charge in [-0.25, -0.2) is 8.42 Å². The molecule has 25 heavy (non-hydrogen) atoms. The van der Waals surface area contributed by atoms with Gasteiger partial charge in [0.1, 0.15) is 5.76 Å². The van der Waals surface area contributed by atoms with Gasteiger partial charge in [-0.2, -0.15) is 4.31 Å². The Balaban J connectivity index is 2.12. The number of benzene rings is 1. The molecule has 1 aromatic carbocycles. The van der Waals surface area contributed by atoms with Gasteiger partial charge < -0.3 is 9.73 Å². The summed E-state index contributed by atoms with van der Waals surface area (Å²) >= 11 is 0. The Morgan fingerprint density at radius 3 is 2.20 bits per heavy atom. The summed E-state index contributed by atoms with van der Waals surface area (Å²) in [5.74, 6) is 0.620. The number of furan rings is 1. The smallest absolute Gasteiger partial charge is 0.287 e. The van der Waals surface area contributed by atoms with Crippen molar-refractivity contribution < 1.29 is 17.6 Å². The molecular weight excluding hydrogens is 340 g/mol. The normalized spacial score (nSPS) is 13.0. The minimum absolute atomic E-state index is 0.250. The van der Waals surface area contributed by atoms with E-state index in [9.17, 15) is 13.2 Å². The van der Waals surface area contributed by atoms with Crippen molar-refractivity contribution >= 4 is 15.9 Å². The Labute approximate surface area is 148 Å². The van der Waals surface area contributed by atoms with Crippen LogP contribution in [0.4, 0.5) is 0 Å². The summed E-state index contributed by atoms with van der Waals surface area (Å²) in [5.41, 5.74) is 0.815. The molecular formula is C18H24N2O4S. The van der Waals surface area contributed by atoms with Gasteiger partial charge in [0.15, 0.2) is 5.76 Å². The number of sulfonamides is 1. The molecule has 0 saturated heterocycles. The quantitative estimate of drug-likeness (QED) is 0.819. The molecule has 0 aliphatic rings. The maximum Gasteiger partial charge on any atom is 0.287 e. The third-order valence-corrected chi connectivity index (χ3v) is 6.10. The molecule has 2 aromatic rings. The predicted molar refractivity (Wildman–Crippen MR) is 95.9 cm³/mol. The standard InChI is InChI=1S/C18H24N2O4S/c1-5-20(6-2)25(22,23)16-10-8-15(9-11-16)14(4)19-18(21)17-12-7-13(3)24-17/h7-12,14H,5-6H2,1-4H3,(H,19,21). The van der Waals surface area contributed by atoms with Crippen molar-refractivity contribution in [2.45, 2.75) is 38.6 Å². The molecule has 0 spiro atoms. The van der Waals surface area contributed by atoms with Crippen LogP contribution >= 0.6 is 0 Å². The predicted octanol–water partition coefficient (Wildman–Crippen LogP) is 3.11. The van der Waals surface area contributed by atoms with Gasteiger partial charge >= 0.3 is 0 Å². The first-order chi connectivity index (χ1) is 11.8. The fraction of sp³-hybridized carbons (Fsp3) is 0.389. The molecule has 1 unspecified atom stereocenters. The van der Waals surface area contributed by atoms with E-state index in [1.165, 1.54) is 4.31 Å². The average Bonchev–Trinajstić information content (AvgIpc) is 3.02. The van der Waals surface area contributed by atoms with E-state index < -0.39 is 10.0 Å². The monoisotopic (exact) mass is 364 g/mol. The van der Waals surface area contributed by atoms with E-state index in [-0.39, 0.29) is 22.6 Å². The Bertz CT molecular complexity index is 821.